The van der Waals surface area contributed by atoms with Crippen molar-refractivity contribution in [3.05, 3.63) is 65.0 Å². The lowest BCUT2D eigenvalue weighted by Crippen LogP contribution is -2.27. The molecule has 19 heavy (non-hydrogen) atoms. The molecule has 2 N–H and O–H groups in total. The molecule has 1 aliphatic carbocycles. The van der Waals surface area contributed by atoms with Gasteiger partial charge in [-0.1, -0.05) is 12.1 Å². The Bertz CT molecular complexity index is 607. The number of carbonyl (C=O) groups excluding carboxylic acids is 1. The summed E-state index contributed by atoms with van der Waals surface area (Å²) in [5.74, 6) is 0.0331. The lowest BCUT2D eigenvalue weighted by molar-refractivity contribution is 0.103. The summed E-state index contributed by atoms with van der Waals surface area (Å²) in [7, 11) is 0. The number of benzene rings is 1. The first-order chi connectivity index (χ1) is 9.24. The fourth-order valence-corrected chi connectivity index (χ4v) is 2.59. The highest BCUT2D eigenvalue weighted by atomic mass is 16.1. The molecular formula is C16H16N2O. The zero-order valence-electron chi connectivity index (χ0n) is 10.7. The normalized spacial score (nSPS) is 17.8. The predicted molar refractivity (Wildman–Crippen MR) is 74.1 cm³/mol. The van der Waals surface area contributed by atoms with Crippen molar-refractivity contribution < 1.29 is 4.79 Å². The Kier molecular flexibility index (Phi) is 3.13. The van der Waals surface area contributed by atoms with E-state index in [1.54, 1.807) is 24.5 Å². The van der Waals surface area contributed by atoms with E-state index in [0.29, 0.717) is 5.56 Å². The number of fused-ring (bicyclic) bond motifs is 1. The molecule has 0 saturated carbocycles. The summed E-state index contributed by atoms with van der Waals surface area (Å²) < 4.78 is 0. The highest BCUT2D eigenvalue weighted by Gasteiger charge is 2.17. The van der Waals surface area contributed by atoms with Crippen molar-refractivity contribution in [1.82, 2.24) is 4.98 Å². The van der Waals surface area contributed by atoms with Gasteiger partial charge in [0.2, 0.25) is 0 Å². The summed E-state index contributed by atoms with van der Waals surface area (Å²) in [4.78, 5) is 16.3. The second-order valence-electron chi connectivity index (χ2n) is 5.06. The number of aromatic nitrogens is 1. The molecule has 0 amide bonds. The third-order valence-corrected chi connectivity index (χ3v) is 3.66. The molecule has 3 nitrogen and oxygen atoms in total. The molecule has 1 heterocycles. The van der Waals surface area contributed by atoms with Crippen LogP contribution in [0.1, 0.15) is 33.5 Å². The molecule has 2 aromatic rings. The molecule has 1 aliphatic rings. The number of rotatable bonds is 2. The molecule has 0 radical (unpaired) electrons. The third kappa shape index (κ3) is 2.42. The Balaban J connectivity index is 1.93. The van der Waals surface area contributed by atoms with E-state index in [9.17, 15) is 4.79 Å². The van der Waals surface area contributed by atoms with Gasteiger partial charge in [0, 0.05) is 29.6 Å². The fraction of sp³-hybridized carbons (Fsp3) is 0.250. The maximum absolute atomic E-state index is 12.3. The van der Waals surface area contributed by atoms with Gasteiger partial charge in [0.1, 0.15) is 0 Å². The van der Waals surface area contributed by atoms with Crippen LogP contribution in [0, 0.1) is 0 Å². The van der Waals surface area contributed by atoms with Gasteiger partial charge in [-0.3, -0.25) is 9.78 Å². The molecule has 1 aromatic carbocycles. The monoisotopic (exact) mass is 252 g/mol. The third-order valence-electron chi connectivity index (χ3n) is 3.66. The average Bonchev–Trinajstić information content (AvgIpc) is 2.47. The minimum atomic E-state index is 0.0331. The van der Waals surface area contributed by atoms with Crippen LogP contribution in [0.25, 0.3) is 0 Å². The van der Waals surface area contributed by atoms with Crippen molar-refractivity contribution in [3.63, 3.8) is 0 Å². The van der Waals surface area contributed by atoms with Crippen molar-refractivity contribution in [3.8, 4) is 0 Å². The van der Waals surface area contributed by atoms with Crippen LogP contribution in [0.3, 0.4) is 0 Å². The van der Waals surface area contributed by atoms with E-state index in [0.717, 1.165) is 24.8 Å². The second kappa shape index (κ2) is 4.94. The van der Waals surface area contributed by atoms with Crippen LogP contribution >= 0.6 is 0 Å². The Morgan fingerprint density at radius 3 is 2.89 bits per heavy atom. The van der Waals surface area contributed by atoms with Crippen LogP contribution in [0.4, 0.5) is 0 Å². The van der Waals surface area contributed by atoms with E-state index in [-0.39, 0.29) is 11.8 Å². The van der Waals surface area contributed by atoms with E-state index in [2.05, 4.69) is 4.98 Å². The van der Waals surface area contributed by atoms with Crippen molar-refractivity contribution in [2.75, 3.05) is 0 Å². The number of aryl methyl sites for hydroxylation is 1. The maximum Gasteiger partial charge on any atom is 0.194 e. The minimum absolute atomic E-state index is 0.0331. The summed E-state index contributed by atoms with van der Waals surface area (Å²) >= 11 is 0. The number of nitrogens with zero attached hydrogens (tertiary/aromatic N) is 1. The zero-order valence-corrected chi connectivity index (χ0v) is 10.7. The van der Waals surface area contributed by atoms with Crippen LogP contribution in [-0.2, 0) is 12.8 Å². The Morgan fingerprint density at radius 1 is 1.21 bits per heavy atom. The van der Waals surface area contributed by atoms with E-state index in [4.69, 9.17) is 5.73 Å². The highest BCUT2D eigenvalue weighted by Crippen LogP contribution is 2.23. The summed E-state index contributed by atoms with van der Waals surface area (Å²) in [6.07, 6.45) is 6.15. The molecule has 1 aromatic heterocycles. The Hall–Kier alpha value is -2.00. The second-order valence-corrected chi connectivity index (χ2v) is 5.06. The Labute approximate surface area is 112 Å². The van der Waals surface area contributed by atoms with Gasteiger partial charge >= 0.3 is 0 Å². The molecule has 1 unspecified atom stereocenters. The van der Waals surface area contributed by atoms with Crippen LogP contribution in [0.2, 0.25) is 0 Å². The van der Waals surface area contributed by atoms with Gasteiger partial charge in [-0.15, -0.1) is 0 Å². The molecule has 3 rings (SSSR count). The summed E-state index contributed by atoms with van der Waals surface area (Å²) in [6, 6.07) is 9.78. The fourth-order valence-electron chi connectivity index (χ4n) is 2.59. The topological polar surface area (TPSA) is 56.0 Å². The standard InChI is InChI=1S/C16H16N2O/c17-15-6-5-11-8-13(4-3-12(11)9-15)16(19)14-2-1-7-18-10-14/h1-4,7-8,10,15H,5-6,9,17H2. The van der Waals surface area contributed by atoms with Gasteiger partial charge in [0.05, 0.1) is 0 Å². The van der Waals surface area contributed by atoms with Crippen LogP contribution < -0.4 is 5.73 Å². The van der Waals surface area contributed by atoms with E-state index < -0.39 is 0 Å². The first-order valence-corrected chi connectivity index (χ1v) is 6.56. The van der Waals surface area contributed by atoms with Gasteiger partial charge < -0.3 is 5.73 Å². The van der Waals surface area contributed by atoms with E-state index >= 15 is 0 Å². The first-order valence-electron chi connectivity index (χ1n) is 6.56. The SMILES string of the molecule is NC1CCc2cc(C(=O)c3cccnc3)ccc2C1. The summed E-state index contributed by atoms with van der Waals surface area (Å²) in [5.41, 5.74) is 9.88. The number of ketones is 1. The van der Waals surface area contributed by atoms with Crippen molar-refractivity contribution in [1.29, 1.82) is 0 Å². The first kappa shape index (κ1) is 12.1. The van der Waals surface area contributed by atoms with Crippen molar-refractivity contribution >= 4 is 5.78 Å². The molecule has 1 atom stereocenters. The quantitative estimate of drug-likeness (QED) is 0.833. The number of pyridine rings is 1. The van der Waals surface area contributed by atoms with Gasteiger partial charge in [-0.25, -0.2) is 0 Å². The van der Waals surface area contributed by atoms with Crippen molar-refractivity contribution in [2.24, 2.45) is 5.73 Å². The van der Waals surface area contributed by atoms with Crippen LogP contribution in [0.5, 0.6) is 0 Å². The molecule has 96 valence electrons. The molecule has 3 heteroatoms. The molecule has 0 aliphatic heterocycles. The van der Waals surface area contributed by atoms with E-state index in [1.165, 1.54) is 11.1 Å². The smallest absolute Gasteiger partial charge is 0.194 e. The van der Waals surface area contributed by atoms with Crippen LogP contribution in [0.15, 0.2) is 42.7 Å². The van der Waals surface area contributed by atoms with Gasteiger partial charge in [0.25, 0.3) is 0 Å². The van der Waals surface area contributed by atoms with E-state index in [1.807, 2.05) is 18.2 Å². The maximum atomic E-state index is 12.3. The average molecular weight is 252 g/mol. The molecule has 0 bridgehead atoms. The summed E-state index contributed by atoms with van der Waals surface area (Å²) in [6.45, 7) is 0. The summed E-state index contributed by atoms with van der Waals surface area (Å²) in [5, 5.41) is 0. The molecule has 0 saturated heterocycles. The molecule has 0 fully saturated rings. The predicted octanol–water partition coefficient (Wildman–Crippen LogP) is 2.13. The van der Waals surface area contributed by atoms with Gasteiger partial charge in [-0.05, 0) is 48.6 Å². The lowest BCUT2D eigenvalue weighted by atomic mass is 9.87. The largest absolute Gasteiger partial charge is 0.327 e. The number of nitrogens with two attached hydrogens (primary N) is 1. The number of carbonyl (C=O) groups is 1. The minimum Gasteiger partial charge on any atom is -0.327 e. The number of hydrogen-bond donors (Lipinski definition) is 1. The highest BCUT2D eigenvalue weighted by molar-refractivity contribution is 6.08. The van der Waals surface area contributed by atoms with Crippen molar-refractivity contribution in [2.45, 2.75) is 25.3 Å². The molecular weight excluding hydrogens is 236 g/mol. The molecule has 0 spiro atoms. The number of hydrogen-bond acceptors (Lipinski definition) is 3. The zero-order chi connectivity index (χ0) is 13.2. The van der Waals surface area contributed by atoms with Gasteiger partial charge in [-0.2, -0.15) is 0 Å². The lowest BCUT2D eigenvalue weighted by Gasteiger charge is -2.21. The Morgan fingerprint density at radius 2 is 2.11 bits per heavy atom. The van der Waals surface area contributed by atoms with Gasteiger partial charge in [0.15, 0.2) is 5.78 Å². The van der Waals surface area contributed by atoms with Crippen LogP contribution in [-0.4, -0.2) is 16.8 Å².